The second-order valence-electron chi connectivity index (χ2n) is 37.0. The number of nitrogens with two attached hydrogens (primary N) is 3. The normalized spacial score (nSPS) is 16.8. The summed E-state index contributed by atoms with van der Waals surface area (Å²) in [5.41, 5.74) is 40.5. The van der Waals surface area contributed by atoms with Gasteiger partial charge in [0, 0.05) is 143 Å². The van der Waals surface area contributed by atoms with Gasteiger partial charge in [-0.05, 0) is 235 Å². The molecule has 143 heavy (non-hydrogen) atoms. The van der Waals surface area contributed by atoms with Crippen molar-refractivity contribution >= 4 is 125 Å². The minimum atomic E-state index is -0.561. The highest BCUT2D eigenvalue weighted by Crippen LogP contribution is 2.36. The van der Waals surface area contributed by atoms with E-state index in [1.165, 1.54) is 12.8 Å². The number of hydrogen-bond acceptors (Lipinski definition) is 25. The Bertz CT molecular complexity index is 8220. The molecule has 15 aromatic heterocycles. The maximum Gasteiger partial charge on any atom is 0.273 e. The Labute approximate surface area is 815 Å². The lowest BCUT2D eigenvalue weighted by molar-refractivity contribution is -0.122. The lowest BCUT2D eigenvalue weighted by Gasteiger charge is -2.34. The number of carbonyl (C=O) groups excluding carboxylic acids is 7. The summed E-state index contributed by atoms with van der Waals surface area (Å²) < 4.78 is 36.8. The van der Waals surface area contributed by atoms with Gasteiger partial charge < -0.3 is 68.9 Å². The third-order valence-electron chi connectivity index (χ3n) is 27.4. The van der Waals surface area contributed by atoms with Crippen LogP contribution in [0.4, 0.5) is 0 Å². The number of β-amino-alcohol motifs (C(OH)–C–C–N with tert-alkyl or cyclic N) is 1. The van der Waals surface area contributed by atoms with Crippen LogP contribution < -0.4 is 17.2 Å². The van der Waals surface area contributed by atoms with Gasteiger partial charge in [0.1, 0.15) is 96.4 Å². The smallest absolute Gasteiger partial charge is 0.273 e. The SMILES string of the molecule is Cc1nc2cc(-c3ccc4ncc(C(=O)N5CCC(N)CC5)n4c3)ccc2o1.Cc1nc2cc(-c3ccc4ncc(C(=O)N5CCC(O)C5)n4c3)ccc2o1.Cc1nc2cc(-c3ccc4ncc(C(=O)N5CCC[C@@H]5C(N)=O)n4c3)ccc2o1.Cc1nc2cc(-c3ccc4ncc(C(=O)N5CCC[C@H]5C(N)=O)n4c3)ccc2o1.Cc1nc2cc(-c3ccc4ncc(C(=O)N5CCN(C6CC6)CC5)n4c3)ccc2o1. The van der Waals surface area contributed by atoms with E-state index in [4.69, 9.17) is 39.3 Å². The number of amides is 7. The Hall–Kier alpha value is -16.9. The van der Waals surface area contributed by atoms with Crippen molar-refractivity contribution in [2.45, 2.75) is 123 Å². The van der Waals surface area contributed by atoms with Gasteiger partial charge in [0.05, 0.1) is 37.1 Å². The van der Waals surface area contributed by atoms with E-state index >= 15 is 0 Å². The van der Waals surface area contributed by atoms with Gasteiger partial charge in [-0.25, -0.2) is 49.8 Å². The Kier molecular flexibility index (Phi) is 24.0. The molecule has 0 radical (unpaired) electrons. The summed E-state index contributed by atoms with van der Waals surface area (Å²) in [6, 6.07) is 48.6. The Morgan fingerprint density at radius 1 is 0.308 bits per heavy atom. The zero-order valence-corrected chi connectivity index (χ0v) is 79.0. The maximum absolute atomic E-state index is 13.2. The number of aliphatic hydroxyl groups excluding tert-OH is 1. The van der Waals surface area contributed by atoms with Gasteiger partial charge in [-0.15, -0.1) is 0 Å². The summed E-state index contributed by atoms with van der Waals surface area (Å²) in [6.07, 6.45) is 24.8. The second-order valence-corrected chi connectivity index (χ2v) is 37.0. The molecule has 26 rings (SSSR count). The maximum atomic E-state index is 13.2. The lowest BCUT2D eigenvalue weighted by atomic mass is 10.1. The highest BCUT2D eigenvalue weighted by molar-refractivity contribution is 6.00. The average Bonchev–Trinajstić information content (AvgIpc) is 1.64. The van der Waals surface area contributed by atoms with Crippen molar-refractivity contribution in [2.75, 3.05) is 65.4 Å². The van der Waals surface area contributed by atoms with E-state index in [9.17, 15) is 38.7 Å². The van der Waals surface area contributed by atoms with Crippen molar-refractivity contribution in [1.82, 2.24) is 101 Å². The number of carbonyl (C=O) groups is 7. The van der Waals surface area contributed by atoms with Gasteiger partial charge in [-0.1, -0.05) is 30.3 Å². The Morgan fingerprint density at radius 3 is 0.846 bits per heavy atom. The van der Waals surface area contributed by atoms with Crippen molar-refractivity contribution in [3.63, 3.8) is 0 Å². The molecule has 1 aliphatic carbocycles. The van der Waals surface area contributed by atoms with Crippen LogP contribution in [0.5, 0.6) is 0 Å². The first-order valence-corrected chi connectivity index (χ1v) is 47.8. The number of piperazine rings is 1. The summed E-state index contributed by atoms with van der Waals surface area (Å²) in [7, 11) is 0. The number of fused-ring (bicyclic) bond motifs is 10. The standard InChI is InChI=1S/C23H23N5O2.2C21H19N5O3.C21H21N5O2.C20H18N4O3/c1-15-25-19-12-16(2-6-21(19)30-15)17-3-7-22-24-13-20(28(22)14-17)23(29)27-10-8-26(9-11-27)18-4-5-18;2*1-12-24-15-9-13(4-6-18(15)29-12)14-5-7-19-23-10-17(26(19)11-14)21(28)25-8-2-3-16(25)20(22)27;1-13-24-17-10-14(2-4-19(17)28-13)15-3-5-20-23-11-18(26(20)12-15)21(27)25-8-6-16(22)7-9-25;1-12-22-16-8-13(2-4-18(16)27-12)14-3-5-19-21-9-17(24(19)10-14)20(26)23-7-6-15(25)11-23/h2-3,6-7,12-14,18H,4-5,8-11H2,1H3;2*4-7,9-11,16H,2-3,8H2,1H3,(H2,22,27);2-5,10-12,16H,6-9,22H2,1H3;2-5,8-10,15,25H,6-7,11H2,1H3/t;2*16-;;/m.10../s1. The molecule has 7 amide bonds. The molecule has 6 fully saturated rings. The number of piperidine rings is 1. The molecule has 1 unspecified atom stereocenters. The molecule has 5 saturated heterocycles. The summed E-state index contributed by atoms with van der Waals surface area (Å²) in [5, 5.41) is 9.71. The van der Waals surface area contributed by atoms with Gasteiger partial charge in [-0.2, -0.15) is 0 Å². The number of hydrogen-bond donors (Lipinski definition) is 4. The number of primary amides is 2. The van der Waals surface area contributed by atoms with Crippen LogP contribution in [0.2, 0.25) is 0 Å². The summed E-state index contributed by atoms with van der Waals surface area (Å²) >= 11 is 0. The quantitative estimate of drug-likeness (QED) is 0.0833. The fourth-order valence-corrected chi connectivity index (χ4v) is 19.8. The zero-order chi connectivity index (χ0) is 98.3. The third kappa shape index (κ3) is 18.3. The number of nitrogens with zero attached hydrogens (tertiary/aromatic N) is 21. The molecule has 7 N–H and O–H groups in total. The minimum absolute atomic E-state index is 0.000807. The van der Waals surface area contributed by atoms with Crippen LogP contribution in [0.25, 0.3) is 139 Å². The van der Waals surface area contributed by atoms with Crippen molar-refractivity contribution in [3.05, 3.63) is 272 Å². The molecule has 37 nitrogen and oxygen atoms in total. The summed E-state index contributed by atoms with van der Waals surface area (Å²) in [6.45, 7) is 16.0. The van der Waals surface area contributed by atoms with Crippen LogP contribution in [0.3, 0.4) is 0 Å². The predicted octanol–water partition coefficient (Wildman–Crippen LogP) is 14.1. The first-order valence-electron chi connectivity index (χ1n) is 47.8. The third-order valence-corrected chi connectivity index (χ3v) is 27.4. The first kappa shape index (κ1) is 91.2. The highest BCUT2D eigenvalue weighted by atomic mass is 16.4. The fourth-order valence-electron chi connectivity index (χ4n) is 19.8. The van der Waals surface area contributed by atoms with Crippen molar-refractivity contribution in [3.8, 4) is 55.6 Å². The molecule has 37 heteroatoms. The molecular formula is C106H100N24O13. The largest absolute Gasteiger partial charge is 0.441 e. The number of aliphatic hydroxyl groups is 1. The molecule has 0 bridgehead atoms. The second kappa shape index (κ2) is 37.7. The number of pyridine rings is 5. The number of imidazole rings is 5. The number of rotatable bonds is 13. The van der Waals surface area contributed by atoms with Gasteiger partial charge >= 0.3 is 0 Å². The Balaban J connectivity index is 0.000000102. The molecule has 1 saturated carbocycles. The average molecular weight is 1920 g/mol. The number of oxazole rings is 5. The predicted molar refractivity (Wildman–Crippen MR) is 531 cm³/mol. The van der Waals surface area contributed by atoms with Crippen molar-refractivity contribution in [2.24, 2.45) is 17.2 Å². The van der Waals surface area contributed by atoms with E-state index in [1.54, 1.807) is 58.9 Å². The molecule has 20 aromatic rings. The molecule has 722 valence electrons. The zero-order valence-electron chi connectivity index (χ0n) is 79.0. The van der Waals surface area contributed by atoms with E-state index in [0.717, 1.165) is 180 Å². The first-order chi connectivity index (χ1) is 69.3. The van der Waals surface area contributed by atoms with E-state index in [-0.39, 0.29) is 35.6 Å². The fraction of sp³-hybridized carbons (Fsp3) is 0.274. The van der Waals surface area contributed by atoms with Crippen molar-refractivity contribution < 1.29 is 60.8 Å². The van der Waals surface area contributed by atoms with E-state index in [1.807, 2.05) is 236 Å². The lowest BCUT2D eigenvalue weighted by Crippen LogP contribution is -2.49. The molecular weight excluding hydrogens is 1820 g/mol. The molecule has 20 heterocycles. The topological polar surface area (TPSA) is 454 Å². The van der Waals surface area contributed by atoms with Crippen LogP contribution in [0, 0.1) is 34.6 Å². The van der Waals surface area contributed by atoms with Gasteiger partial charge in [0.25, 0.3) is 29.5 Å². The van der Waals surface area contributed by atoms with Crippen LogP contribution >= 0.6 is 0 Å². The molecule has 5 aliphatic heterocycles. The van der Waals surface area contributed by atoms with Gasteiger partial charge in [-0.3, -0.25) is 60.5 Å². The minimum Gasteiger partial charge on any atom is -0.441 e. The molecule has 3 atom stereocenters. The van der Waals surface area contributed by atoms with Crippen LogP contribution in [0.1, 0.15) is 140 Å². The number of aromatic nitrogens is 15. The summed E-state index contributed by atoms with van der Waals surface area (Å²) in [4.78, 5) is 144. The number of benzene rings is 5. The van der Waals surface area contributed by atoms with E-state index in [2.05, 4.69) is 54.7 Å². The van der Waals surface area contributed by atoms with Gasteiger partial charge in [0.2, 0.25) is 11.8 Å². The van der Waals surface area contributed by atoms with Crippen molar-refractivity contribution in [1.29, 1.82) is 0 Å². The summed E-state index contributed by atoms with van der Waals surface area (Å²) in [5.74, 6) is 1.69. The van der Waals surface area contributed by atoms with Crippen LogP contribution in [-0.4, -0.2) is 243 Å². The molecule has 5 aromatic carbocycles. The Morgan fingerprint density at radius 2 is 0.573 bits per heavy atom. The number of aryl methyl sites for hydroxylation is 5. The van der Waals surface area contributed by atoms with E-state index < -0.39 is 30.0 Å². The van der Waals surface area contributed by atoms with Gasteiger partial charge in [0.15, 0.2) is 57.4 Å². The number of likely N-dealkylation sites (tertiary alicyclic amines) is 4. The monoisotopic (exact) mass is 1920 g/mol. The molecule has 0 spiro atoms. The highest BCUT2D eigenvalue weighted by Gasteiger charge is 2.38. The van der Waals surface area contributed by atoms with Crippen LogP contribution in [0.15, 0.2) is 236 Å². The van der Waals surface area contributed by atoms with E-state index in [0.29, 0.717) is 133 Å². The molecule has 6 aliphatic rings. The van der Waals surface area contributed by atoms with Crippen LogP contribution in [-0.2, 0) is 9.59 Å².